The molecule has 2 rings (SSSR count). The van der Waals surface area contributed by atoms with E-state index in [2.05, 4.69) is 0 Å². The van der Waals surface area contributed by atoms with Crippen molar-refractivity contribution in [1.29, 1.82) is 0 Å². The van der Waals surface area contributed by atoms with Crippen LogP contribution in [0.1, 0.15) is 28.3 Å². The van der Waals surface area contributed by atoms with E-state index in [1.54, 1.807) is 18.3 Å². The molecular formula is C12H13FN2O3S. The quantitative estimate of drug-likeness (QED) is 0.881. The Morgan fingerprint density at radius 1 is 1.42 bits per heavy atom. The summed E-state index contributed by atoms with van der Waals surface area (Å²) in [4.78, 5) is 26.6. The van der Waals surface area contributed by atoms with Crippen LogP contribution in [0.25, 0.3) is 0 Å². The van der Waals surface area contributed by atoms with Crippen molar-refractivity contribution in [2.75, 3.05) is 0 Å². The zero-order valence-electron chi connectivity index (χ0n) is 10.7. The van der Waals surface area contributed by atoms with Crippen LogP contribution in [0.3, 0.4) is 0 Å². The predicted molar refractivity (Wildman–Crippen MR) is 70.6 cm³/mol. The second kappa shape index (κ2) is 4.65. The molecule has 7 heteroatoms. The van der Waals surface area contributed by atoms with Gasteiger partial charge in [-0.1, -0.05) is 0 Å². The first-order valence-electron chi connectivity index (χ1n) is 5.63. The Morgan fingerprint density at radius 3 is 2.58 bits per heavy atom. The number of hydrogen-bond donors (Lipinski definition) is 2. The van der Waals surface area contributed by atoms with E-state index in [-0.39, 0.29) is 0 Å². The number of rotatable bonds is 2. The lowest BCUT2D eigenvalue weighted by atomic mass is 10.1. The number of nitrogens with one attached hydrogen (secondary N) is 1. The fourth-order valence-corrected chi connectivity index (χ4v) is 3.10. The zero-order chi connectivity index (χ0) is 14.3. The fraction of sp³-hybridized carbons (Fsp3) is 0.333. The molecule has 2 N–H and O–H groups in total. The largest absolute Gasteiger partial charge is 0.492 e. The highest BCUT2D eigenvalue weighted by Crippen LogP contribution is 2.29. The first-order chi connectivity index (χ1) is 8.82. The Balaban J connectivity index is 2.66. The van der Waals surface area contributed by atoms with E-state index in [9.17, 15) is 19.1 Å². The lowest BCUT2D eigenvalue weighted by molar-refractivity contribution is 0.351. The van der Waals surface area contributed by atoms with Crippen LogP contribution < -0.4 is 11.2 Å². The summed E-state index contributed by atoms with van der Waals surface area (Å²) in [6.45, 7) is 5.46. The van der Waals surface area contributed by atoms with Gasteiger partial charge in [-0.05, 0) is 32.4 Å². The van der Waals surface area contributed by atoms with Crippen LogP contribution in [0.5, 0.6) is 5.88 Å². The van der Waals surface area contributed by atoms with Gasteiger partial charge >= 0.3 is 5.69 Å². The Kier molecular flexibility index (Phi) is 3.32. The molecule has 0 amide bonds. The monoisotopic (exact) mass is 284 g/mol. The topological polar surface area (TPSA) is 75.1 Å². The van der Waals surface area contributed by atoms with Gasteiger partial charge in [0.05, 0.1) is 6.04 Å². The summed E-state index contributed by atoms with van der Waals surface area (Å²) in [7, 11) is 0. The minimum Gasteiger partial charge on any atom is -0.492 e. The van der Waals surface area contributed by atoms with Gasteiger partial charge in [0.2, 0.25) is 11.7 Å². The lowest BCUT2D eigenvalue weighted by Crippen LogP contribution is -2.33. The van der Waals surface area contributed by atoms with Gasteiger partial charge in [-0.3, -0.25) is 14.3 Å². The summed E-state index contributed by atoms with van der Waals surface area (Å²) in [6.07, 6.45) is 0. The molecule has 0 aliphatic rings. The first kappa shape index (κ1) is 13.5. The van der Waals surface area contributed by atoms with Crippen LogP contribution in [0.15, 0.2) is 15.7 Å². The van der Waals surface area contributed by atoms with Crippen molar-refractivity contribution in [3.05, 3.63) is 48.0 Å². The summed E-state index contributed by atoms with van der Waals surface area (Å²) in [5, 5.41) is 9.66. The van der Waals surface area contributed by atoms with Crippen molar-refractivity contribution in [3.63, 3.8) is 0 Å². The van der Waals surface area contributed by atoms with Crippen molar-refractivity contribution >= 4 is 11.3 Å². The van der Waals surface area contributed by atoms with Crippen LogP contribution in [-0.2, 0) is 0 Å². The minimum atomic E-state index is -1.35. The Labute approximate surface area is 112 Å². The van der Waals surface area contributed by atoms with E-state index < -0.39 is 29.0 Å². The molecule has 0 saturated carbocycles. The van der Waals surface area contributed by atoms with E-state index in [1.165, 1.54) is 0 Å². The van der Waals surface area contributed by atoms with Crippen LogP contribution in [0, 0.1) is 19.7 Å². The number of hydrogen-bond acceptors (Lipinski definition) is 4. The maximum atomic E-state index is 13.4. The third-order valence-electron chi connectivity index (χ3n) is 2.98. The highest BCUT2D eigenvalue weighted by Gasteiger charge is 2.21. The molecule has 0 aromatic carbocycles. The summed E-state index contributed by atoms with van der Waals surface area (Å²) >= 11 is 1.55. The molecule has 2 aromatic heterocycles. The smallest absolute Gasteiger partial charge is 0.331 e. The molecule has 2 heterocycles. The first-order valence-corrected chi connectivity index (χ1v) is 6.44. The van der Waals surface area contributed by atoms with Gasteiger partial charge in [0.25, 0.3) is 5.56 Å². The number of halogens is 1. The lowest BCUT2D eigenvalue weighted by Gasteiger charge is -2.16. The highest BCUT2D eigenvalue weighted by atomic mass is 32.1. The van der Waals surface area contributed by atoms with E-state index in [0.717, 1.165) is 19.9 Å². The Morgan fingerprint density at radius 2 is 2.05 bits per heavy atom. The summed E-state index contributed by atoms with van der Waals surface area (Å²) in [6, 6.07) is 1.31. The average Bonchev–Trinajstić information content (AvgIpc) is 2.65. The fourth-order valence-electron chi connectivity index (χ4n) is 2.08. The Hall–Kier alpha value is -1.89. The molecule has 1 unspecified atom stereocenters. The second-order valence-corrected chi connectivity index (χ2v) is 5.77. The normalized spacial score (nSPS) is 12.6. The molecule has 0 aliphatic heterocycles. The van der Waals surface area contributed by atoms with Gasteiger partial charge in [-0.15, -0.1) is 11.3 Å². The maximum absolute atomic E-state index is 13.4. The van der Waals surface area contributed by atoms with Crippen molar-refractivity contribution in [3.8, 4) is 5.88 Å². The predicted octanol–water partition coefficient (Wildman–Crippen LogP) is 1.67. The number of aromatic hydroxyl groups is 1. The van der Waals surface area contributed by atoms with Crippen LogP contribution >= 0.6 is 11.3 Å². The second-order valence-electron chi connectivity index (χ2n) is 4.31. The molecule has 1 atom stereocenters. The van der Waals surface area contributed by atoms with Gasteiger partial charge in [-0.25, -0.2) is 4.79 Å². The van der Waals surface area contributed by atoms with Crippen LogP contribution in [0.2, 0.25) is 0 Å². The summed E-state index contributed by atoms with van der Waals surface area (Å²) in [5.74, 6) is -2.29. The molecular weight excluding hydrogens is 271 g/mol. The number of aromatic nitrogens is 2. The average molecular weight is 284 g/mol. The third kappa shape index (κ3) is 2.21. The number of H-pyrrole nitrogens is 1. The van der Waals surface area contributed by atoms with Crippen molar-refractivity contribution < 1.29 is 9.50 Å². The number of nitrogens with zero attached hydrogens (tertiary/aromatic N) is 1. The van der Waals surface area contributed by atoms with E-state index in [1.807, 2.05) is 24.9 Å². The molecule has 2 aromatic rings. The molecule has 102 valence electrons. The summed E-state index contributed by atoms with van der Waals surface area (Å²) < 4.78 is 14.2. The number of aromatic amines is 1. The highest BCUT2D eigenvalue weighted by molar-refractivity contribution is 7.12. The number of thiophene rings is 1. The Bertz CT molecular complexity index is 744. The van der Waals surface area contributed by atoms with Gasteiger partial charge in [-0.2, -0.15) is 4.39 Å². The van der Waals surface area contributed by atoms with Gasteiger partial charge in [0, 0.05) is 9.75 Å². The minimum absolute atomic E-state index is 0.566. The van der Waals surface area contributed by atoms with Gasteiger partial charge in [0.15, 0.2) is 0 Å². The van der Waals surface area contributed by atoms with Crippen LogP contribution in [-0.4, -0.2) is 14.7 Å². The third-order valence-corrected chi connectivity index (χ3v) is 3.96. The molecule has 0 bridgehead atoms. The SMILES string of the molecule is Cc1cc(C(C)n2c(O)c(F)c(=O)[nH]c2=O)c(C)s1. The number of aryl methyl sites for hydroxylation is 2. The van der Waals surface area contributed by atoms with Gasteiger partial charge in [0.1, 0.15) is 0 Å². The molecule has 19 heavy (non-hydrogen) atoms. The van der Waals surface area contributed by atoms with E-state index in [0.29, 0.717) is 0 Å². The summed E-state index contributed by atoms with van der Waals surface area (Å²) in [5.41, 5.74) is -1.24. The molecule has 0 saturated heterocycles. The molecule has 5 nitrogen and oxygen atoms in total. The van der Waals surface area contributed by atoms with Crippen LogP contribution in [0.4, 0.5) is 4.39 Å². The maximum Gasteiger partial charge on any atom is 0.331 e. The van der Waals surface area contributed by atoms with E-state index in [4.69, 9.17) is 0 Å². The molecule has 0 fully saturated rings. The van der Waals surface area contributed by atoms with E-state index >= 15 is 0 Å². The van der Waals surface area contributed by atoms with Crippen molar-refractivity contribution in [2.45, 2.75) is 26.8 Å². The standard InChI is InChI=1S/C12H13FN2O3S/c1-5-4-8(7(3)19-5)6(2)15-11(17)9(13)10(16)14-12(15)18/h4,6,17H,1-3H3,(H,14,16,18). The van der Waals surface area contributed by atoms with Gasteiger partial charge < -0.3 is 5.11 Å². The molecule has 0 aliphatic carbocycles. The molecule has 0 spiro atoms. The molecule has 0 radical (unpaired) electrons. The van der Waals surface area contributed by atoms with Crippen molar-refractivity contribution in [2.24, 2.45) is 0 Å². The van der Waals surface area contributed by atoms with Crippen molar-refractivity contribution in [1.82, 2.24) is 9.55 Å². The zero-order valence-corrected chi connectivity index (χ0v) is 11.5.